The SMILES string of the molecule is CN1CCN(Cc2cc(-c3ccc(F)cc3)ccc2OCC(=O)NCc2ccc(Cl)cc2)CC1.O=CO. The summed E-state index contributed by atoms with van der Waals surface area (Å²) >= 11 is 5.91. The van der Waals surface area contributed by atoms with E-state index in [1.807, 2.05) is 24.3 Å². The number of rotatable bonds is 8. The highest BCUT2D eigenvalue weighted by Crippen LogP contribution is 2.28. The summed E-state index contributed by atoms with van der Waals surface area (Å²) in [5.41, 5.74) is 3.91. The molecule has 1 fully saturated rings. The van der Waals surface area contributed by atoms with Crippen molar-refractivity contribution in [2.75, 3.05) is 39.8 Å². The summed E-state index contributed by atoms with van der Waals surface area (Å²) in [6, 6.07) is 19.8. The Morgan fingerprint density at radius 3 is 2.30 bits per heavy atom. The van der Waals surface area contributed by atoms with Gasteiger partial charge in [-0.1, -0.05) is 41.9 Å². The summed E-state index contributed by atoms with van der Waals surface area (Å²) in [4.78, 5) is 25.5. The first kappa shape index (κ1) is 28.1. The second-order valence-electron chi connectivity index (χ2n) is 8.71. The van der Waals surface area contributed by atoms with Gasteiger partial charge in [-0.2, -0.15) is 0 Å². The van der Waals surface area contributed by atoms with E-state index in [0.717, 1.165) is 55.0 Å². The van der Waals surface area contributed by atoms with Crippen molar-refractivity contribution in [3.8, 4) is 16.9 Å². The minimum atomic E-state index is -0.258. The number of halogens is 2. The van der Waals surface area contributed by atoms with Crippen molar-refractivity contribution in [3.63, 3.8) is 0 Å². The predicted octanol–water partition coefficient (Wildman–Crippen LogP) is 4.29. The molecule has 9 heteroatoms. The van der Waals surface area contributed by atoms with Crippen LogP contribution in [0.1, 0.15) is 11.1 Å². The number of piperazine rings is 1. The van der Waals surface area contributed by atoms with Crippen molar-refractivity contribution in [3.05, 3.63) is 88.7 Å². The van der Waals surface area contributed by atoms with E-state index >= 15 is 0 Å². The van der Waals surface area contributed by atoms with Crippen LogP contribution in [-0.2, 0) is 22.7 Å². The zero-order valence-corrected chi connectivity index (χ0v) is 21.5. The third-order valence-corrected chi connectivity index (χ3v) is 6.24. The molecule has 0 bridgehead atoms. The Kier molecular flexibility index (Phi) is 10.9. The average molecular weight is 528 g/mol. The van der Waals surface area contributed by atoms with Gasteiger partial charge in [-0.15, -0.1) is 0 Å². The van der Waals surface area contributed by atoms with E-state index in [2.05, 4.69) is 28.2 Å². The molecule has 1 heterocycles. The summed E-state index contributed by atoms with van der Waals surface area (Å²) < 4.78 is 19.3. The summed E-state index contributed by atoms with van der Waals surface area (Å²) in [6.07, 6.45) is 0. The van der Waals surface area contributed by atoms with E-state index in [1.165, 1.54) is 12.1 Å². The van der Waals surface area contributed by atoms with Gasteiger partial charge in [-0.25, -0.2) is 4.39 Å². The van der Waals surface area contributed by atoms with E-state index in [-0.39, 0.29) is 24.8 Å². The number of benzene rings is 3. The number of carbonyl (C=O) groups is 2. The third kappa shape index (κ3) is 9.17. The van der Waals surface area contributed by atoms with Gasteiger partial charge in [0, 0.05) is 49.9 Å². The number of amides is 1. The summed E-state index contributed by atoms with van der Waals surface area (Å²) in [5.74, 6) is 0.237. The molecular weight excluding hydrogens is 497 g/mol. The fourth-order valence-corrected chi connectivity index (χ4v) is 4.04. The van der Waals surface area contributed by atoms with Gasteiger partial charge in [0.2, 0.25) is 0 Å². The van der Waals surface area contributed by atoms with E-state index in [1.54, 1.807) is 24.3 Å². The van der Waals surface area contributed by atoms with E-state index < -0.39 is 0 Å². The minimum Gasteiger partial charge on any atom is -0.483 e. The first-order valence-corrected chi connectivity index (χ1v) is 12.3. The topological polar surface area (TPSA) is 82.1 Å². The van der Waals surface area contributed by atoms with Crippen LogP contribution in [0.5, 0.6) is 5.75 Å². The molecule has 0 saturated carbocycles. The second-order valence-corrected chi connectivity index (χ2v) is 9.14. The molecule has 1 aliphatic heterocycles. The molecule has 2 N–H and O–H groups in total. The second kappa shape index (κ2) is 14.3. The highest BCUT2D eigenvalue weighted by molar-refractivity contribution is 6.30. The molecule has 1 amide bonds. The third-order valence-electron chi connectivity index (χ3n) is 5.99. The maximum Gasteiger partial charge on any atom is 0.290 e. The number of hydrogen-bond acceptors (Lipinski definition) is 5. The Morgan fingerprint density at radius 2 is 1.65 bits per heavy atom. The highest BCUT2D eigenvalue weighted by Gasteiger charge is 2.17. The van der Waals surface area contributed by atoms with Gasteiger partial charge in [-0.05, 0) is 60.1 Å². The van der Waals surface area contributed by atoms with E-state index in [9.17, 15) is 9.18 Å². The quantitative estimate of drug-likeness (QED) is 0.425. The molecule has 1 saturated heterocycles. The van der Waals surface area contributed by atoms with Crippen molar-refractivity contribution in [2.45, 2.75) is 13.1 Å². The molecule has 0 aromatic heterocycles. The molecule has 0 radical (unpaired) electrons. The number of nitrogens with zero attached hydrogens (tertiary/aromatic N) is 2. The molecule has 37 heavy (non-hydrogen) atoms. The van der Waals surface area contributed by atoms with Crippen LogP contribution in [0.4, 0.5) is 4.39 Å². The molecule has 1 aliphatic rings. The lowest BCUT2D eigenvalue weighted by molar-refractivity contribution is -0.123. The van der Waals surface area contributed by atoms with Crippen LogP contribution < -0.4 is 10.1 Å². The van der Waals surface area contributed by atoms with Gasteiger partial charge in [0.1, 0.15) is 11.6 Å². The van der Waals surface area contributed by atoms with Gasteiger partial charge in [0.25, 0.3) is 12.4 Å². The van der Waals surface area contributed by atoms with Gasteiger partial charge >= 0.3 is 0 Å². The normalized spacial score (nSPS) is 13.8. The van der Waals surface area contributed by atoms with Crippen LogP contribution in [0.3, 0.4) is 0 Å². The fourth-order valence-electron chi connectivity index (χ4n) is 3.91. The highest BCUT2D eigenvalue weighted by atomic mass is 35.5. The zero-order valence-electron chi connectivity index (χ0n) is 20.7. The molecule has 0 atom stereocenters. The lowest BCUT2D eigenvalue weighted by Crippen LogP contribution is -2.43. The van der Waals surface area contributed by atoms with Crippen LogP contribution in [0.25, 0.3) is 11.1 Å². The zero-order chi connectivity index (χ0) is 26.6. The maximum absolute atomic E-state index is 13.4. The van der Waals surface area contributed by atoms with Crippen LogP contribution in [0.2, 0.25) is 5.02 Å². The Balaban J connectivity index is 0.00000121. The van der Waals surface area contributed by atoms with Crippen molar-refractivity contribution in [1.82, 2.24) is 15.1 Å². The lowest BCUT2D eigenvalue weighted by Gasteiger charge is -2.32. The molecule has 0 spiro atoms. The van der Waals surface area contributed by atoms with Crippen molar-refractivity contribution < 1.29 is 23.8 Å². The smallest absolute Gasteiger partial charge is 0.290 e. The van der Waals surface area contributed by atoms with Crippen molar-refractivity contribution in [1.29, 1.82) is 0 Å². The summed E-state index contributed by atoms with van der Waals surface area (Å²) in [7, 11) is 2.13. The Labute approximate surface area is 221 Å². The number of hydrogen-bond donors (Lipinski definition) is 2. The summed E-state index contributed by atoms with van der Waals surface area (Å²) in [5, 5.41) is 10.4. The minimum absolute atomic E-state index is 0.0702. The Bertz CT molecular complexity index is 1150. The number of ether oxygens (including phenoxy) is 1. The molecule has 196 valence electrons. The number of carboxylic acid groups (broad SMARTS) is 1. The van der Waals surface area contributed by atoms with Crippen LogP contribution in [0.15, 0.2) is 66.7 Å². The molecule has 0 aliphatic carbocycles. The first-order chi connectivity index (χ1) is 17.9. The fraction of sp³-hybridized carbons (Fsp3) is 0.286. The molecule has 4 rings (SSSR count). The molecular formula is C28H31ClFN3O4. The number of likely N-dealkylation sites (N-methyl/N-ethyl adjacent to an activating group) is 1. The maximum atomic E-state index is 13.4. The molecule has 3 aromatic rings. The standard InChI is InChI=1S/C27H29ClFN3O2.CH2O2/c1-31-12-14-32(15-13-31)18-23-16-22(21-4-9-25(29)10-5-21)6-11-26(23)34-19-27(33)30-17-20-2-7-24(28)8-3-20;2-1-3/h2-11,16H,12-15,17-19H2,1H3,(H,30,33);1H,(H,2,3). The van der Waals surface area contributed by atoms with E-state index in [4.69, 9.17) is 26.2 Å². The average Bonchev–Trinajstić information content (AvgIpc) is 2.90. The summed E-state index contributed by atoms with van der Waals surface area (Å²) in [6.45, 7) is 4.79. The molecule has 0 unspecified atom stereocenters. The van der Waals surface area contributed by atoms with E-state index in [0.29, 0.717) is 17.3 Å². The predicted molar refractivity (Wildman–Crippen MR) is 142 cm³/mol. The van der Waals surface area contributed by atoms with Gasteiger partial charge in [-0.3, -0.25) is 14.5 Å². The lowest BCUT2D eigenvalue weighted by atomic mass is 10.0. The van der Waals surface area contributed by atoms with Gasteiger partial charge in [0.05, 0.1) is 0 Å². The number of carbonyl (C=O) groups excluding carboxylic acids is 1. The first-order valence-electron chi connectivity index (χ1n) is 11.9. The Morgan fingerprint density at radius 1 is 1.03 bits per heavy atom. The molecule has 3 aromatic carbocycles. The van der Waals surface area contributed by atoms with Crippen molar-refractivity contribution >= 4 is 24.0 Å². The monoisotopic (exact) mass is 527 g/mol. The van der Waals surface area contributed by atoms with Crippen LogP contribution in [-0.4, -0.2) is 67.1 Å². The van der Waals surface area contributed by atoms with Crippen molar-refractivity contribution in [2.24, 2.45) is 0 Å². The van der Waals surface area contributed by atoms with Crippen LogP contribution in [0, 0.1) is 5.82 Å². The van der Waals surface area contributed by atoms with Crippen LogP contribution >= 0.6 is 11.6 Å². The number of nitrogens with one attached hydrogen (secondary N) is 1. The Hall–Kier alpha value is -3.46. The van der Waals surface area contributed by atoms with Gasteiger partial charge in [0.15, 0.2) is 6.61 Å². The largest absolute Gasteiger partial charge is 0.483 e. The van der Waals surface area contributed by atoms with Gasteiger partial charge < -0.3 is 20.1 Å². The molecule has 7 nitrogen and oxygen atoms in total.